The second kappa shape index (κ2) is 5.24. The van der Waals surface area contributed by atoms with Gasteiger partial charge in [0.1, 0.15) is 12.9 Å². The molecule has 3 rings (SSSR count). The highest BCUT2D eigenvalue weighted by Gasteiger charge is 2.24. The van der Waals surface area contributed by atoms with E-state index >= 15 is 0 Å². The van der Waals surface area contributed by atoms with Crippen molar-refractivity contribution in [1.82, 2.24) is 10.1 Å². The molecular weight excluding hydrogens is 260 g/mol. The van der Waals surface area contributed by atoms with Crippen LogP contribution in [0.2, 0.25) is 0 Å². The van der Waals surface area contributed by atoms with Gasteiger partial charge in [-0.05, 0) is 12.1 Å². The number of likely N-dealkylation sites (N-methyl/N-ethyl adjacent to an activating group) is 1. The summed E-state index contributed by atoms with van der Waals surface area (Å²) in [5.74, 6) is 1.22. The maximum absolute atomic E-state index is 12.0. The van der Waals surface area contributed by atoms with E-state index < -0.39 is 0 Å². The standard InChI is InChI=1S/C14H14N2O4/c1-16(14(17)11-6-7-19-15-11)8-10-9-18-12-4-2-3-5-13(12)20-10/h2-7,10H,8-9H2,1H3/t10-/m0/s1. The molecule has 0 radical (unpaired) electrons. The lowest BCUT2D eigenvalue weighted by atomic mass is 10.2. The minimum absolute atomic E-state index is 0.203. The molecule has 0 bridgehead atoms. The zero-order valence-electron chi connectivity index (χ0n) is 11.0. The second-order valence-corrected chi connectivity index (χ2v) is 4.57. The number of fused-ring (bicyclic) bond motifs is 1. The molecule has 20 heavy (non-hydrogen) atoms. The number of hydrogen-bond donors (Lipinski definition) is 0. The Morgan fingerprint density at radius 3 is 2.90 bits per heavy atom. The van der Waals surface area contributed by atoms with Crippen LogP contribution in [0.15, 0.2) is 41.1 Å². The maximum Gasteiger partial charge on any atom is 0.275 e. The second-order valence-electron chi connectivity index (χ2n) is 4.57. The molecule has 1 aliphatic rings. The molecule has 2 aromatic rings. The van der Waals surface area contributed by atoms with Gasteiger partial charge in [-0.25, -0.2) is 0 Å². The first kappa shape index (κ1) is 12.5. The van der Waals surface area contributed by atoms with Crippen LogP contribution in [-0.4, -0.2) is 42.3 Å². The van der Waals surface area contributed by atoms with Gasteiger partial charge in [0.05, 0.1) is 6.54 Å². The molecule has 6 heteroatoms. The maximum atomic E-state index is 12.0. The summed E-state index contributed by atoms with van der Waals surface area (Å²) in [6.45, 7) is 0.827. The van der Waals surface area contributed by atoms with Gasteiger partial charge in [-0.15, -0.1) is 0 Å². The minimum atomic E-state index is -0.207. The van der Waals surface area contributed by atoms with Gasteiger partial charge >= 0.3 is 0 Å². The van der Waals surface area contributed by atoms with Crippen molar-refractivity contribution in [2.45, 2.75) is 6.10 Å². The molecule has 1 aromatic heterocycles. The number of carbonyl (C=O) groups is 1. The molecule has 1 aliphatic heterocycles. The van der Waals surface area contributed by atoms with Crippen molar-refractivity contribution >= 4 is 5.91 Å². The Bertz CT molecular complexity index is 597. The first-order valence-electron chi connectivity index (χ1n) is 6.28. The van der Waals surface area contributed by atoms with Crippen LogP contribution in [0.1, 0.15) is 10.5 Å². The fourth-order valence-electron chi connectivity index (χ4n) is 2.06. The van der Waals surface area contributed by atoms with Crippen molar-refractivity contribution in [1.29, 1.82) is 0 Å². The zero-order valence-corrected chi connectivity index (χ0v) is 11.0. The molecule has 104 valence electrons. The topological polar surface area (TPSA) is 64.8 Å². The Morgan fingerprint density at radius 2 is 2.15 bits per heavy atom. The molecule has 1 aromatic carbocycles. The quantitative estimate of drug-likeness (QED) is 0.850. The molecule has 1 amide bonds. The number of amides is 1. The van der Waals surface area contributed by atoms with Crippen LogP contribution in [0.4, 0.5) is 0 Å². The lowest BCUT2D eigenvalue weighted by Gasteiger charge is -2.29. The van der Waals surface area contributed by atoms with E-state index in [2.05, 4.69) is 9.68 Å². The number of benzene rings is 1. The molecule has 0 saturated heterocycles. The van der Waals surface area contributed by atoms with Gasteiger partial charge in [-0.2, -0.15) is 0 Å². The molecular formula is C14H14N2O4. The number of para-hydroxylation sites is 2. The van der Waals surface area contributed by atoms with Crippen molar-refractivity contribution in [3.05, 3.63) is 42.3 Å². The number of carbonyl (C=O) groups excluding carboxylic acids is 1. The summed E-state index contributed by atoms with van der Waals surface area (Å²) in [4.78, 5) is 13.6. The van der Waals surface area contributed by atoms with Crippen LogP contribution in [0, 0.1) is 0 Å². The smallest absolute Gasteiger partial charge is 0.275 e. The molecule has 6 nitrogen and oxygen atoms in total. The van der Waals surface area contributed by atoms with Crippen molar-refractivity contribution in [2.75, 3.05) is 20.2 Å². The first-order chi connectivity index (χ1) is 9.74. The van der Waals surface area contributed by atoms with Crippen LogP contribution in [-0.2, 0) is 0 Å². The Labute approximate surface area is 115 Å². The molecule has 2 heterocycles. The summed E-state index contributed by atoms with van der Waals surface area (Å²) in [7, 11) is 1.70. The molecule has 0 N–H and O–H groups in total. The zero-order chi connectivity index (χ0) is 13.9. The monoisotopic (exact) mass is 274 g/mol. The lowest BCUT2D eigenvalue weighted by molar-refractivity contribution is 0.0515. The van der Waals surface area contributed by atoms with E-state index in [1.54, 1.807) is 11.9 Å². The largest absolute Gasteiger partial charge is 0.486 e. The summed E-state index contributed by atoms with van der Waals surface area (Å²) in [5.41, 5.74) is 0.282. The third-order valence-corrected chi connectivity index (χ3v) is 3.05. The Hall–Kier alpha value is -2.50. The fraction of sp³-hybridized carbons (Fsp3) is 0.286. The number of rotatable bonds is 3. The highest BCUT2D eigenvalue weighted by atomic mass is 16.6. The minimum Gasteiger partial charge on any atom is -0.486 e. The lowest BCUT2D eigenvalue weighted by Crippen LogP contribution is -2.41. The number of ether oxygens (including phenoxy) is 2. The number of nitrogens with zero attached hydrogens (tertiary/aromatic N) is 2. The predicted octanol–water partition coefficient (Wildman–Crippen LogP) is 1.59. The molecule has 0 unspecified atom stereocenters. The van der Waals surface area contributed by atoms with E-state index in [-0.39, 0.29) is 17.7 Å². The van der Waals surface area contributed by atoms with Gasteiger partial charge in [0.25, 0.3) is 5.91 Å². The first-order valence-corrected chi connectivity index (χ1v) is 6.28. The van der Waals surface area contributed by atoms with Gasteiger partial charge < -0.3 is 18.9 Å². The van der Waals surface area contributed by atoms with E-state index in [9.17, 15) is 4.79 Å². The molecule has 0 aliphatic carbocycles. The van der Waals surface area contributed by atoms with Crippen LogP contribution in [0.3, 0.4) is 0 Å². The molecule has 0 spiro atoms. The van der Waals surface area contributed by atoms with Crippen LogP contribution in [0.25, 0.3) is 0 Å². The van der Waals surface area contributed by atoms with E-state index in [4.69, 9.17) is 9.47 Å². The van der Waals surface area contributed by atoms with Gasteiger partial charge in [0, 0.05) is 13.1 Å². The third-order valence-electron chi connectivity index (χ3n) is 3.05. The SMILES string of the molecule is CN(C[C@H]1COc2ccccc2O1)C(=O)c1ccon1. The molecule has 1 atom stereocenters. The van der Waals surface area contributed by atoms with Crippen LogP contribution >= 0.6 is 0 Å². The normalized spacial score (nSPS) is 16.8. The van der Waals surface area contributed by atoms with Crippen molar-refractivity contribution < 1.29 is 18.8 Å². The number of hydrogen-bond acceptors (Lipinski definition) is 5. The summed E-state index contributed by atoms with van der Waals surface area (Å²) >= 11 is 0. The van der Waals surface area contributed by atoms with E-state index in [0.29, 0.717) is 18.9 Å². The Kier molecular flexibility index (Phi) is 3.28. The summed E-state index contributed by atoms with van der Waals surface area (Å²) in [6, 6.07) is 9.01. The summed E-state index contributed by atoms with van der Waals surface area (Å²) < 4.78 is 16.1. The Balaban J connectivity index is 1.63. The predicted molar refractivity (Wildman–Crippen MR) is 69.8 cm³/mol. The molecule has 0 fully saturated rings. The third kappa shape index (κ3) is 2.45. The Morgan fingerprint density at radius 1 is 1.35 bits per heavy atom. The summed E-state index contributed by atoms with van der Waals surface area (Å²) in [6.07, 6.45) is 1.17. The highest BCUT2D eigenvalue weighted by Crippen LogP contribution is 2.30. The van der Waals surface area contributed by atoms with Crippen LogP contribution in [0.5, 0.6) is 11.5 Å². The van der Waals surface area contributed by atoms with Gasteiger partial charge in [-0.1, -0.05) is 17.3 Å². The van der Waals surface area contributed by atoms with Gasteiger partial charge in [0.2, 0.25) is 0 Å². The van der Waals surface area contributed by atoms with E-state index in [1.165, 1.54) is 12.3 Å². The van der Waals surface area contributed by atoms with E-state index in [1.807, 2.05) is 24.3 Å². The van der Waals surface area contributed by atoms with E-state index in [0.717, 1.165) is 5.75 Å². The summed E-state index contributed by atoms with van der Waals surface area (Å²) in [5, 5.41) is 3.63. The fourth-order valence-corrected chi connectivity index (χ4v) is 2.06. The van der Waals surface area contributed by atoms with Crippen molar-refractivity contribution in [2.24, 2.45) is 0 Å². The average Bonchev–Trinajstić information content (AvgIpc) is 3.00. The van der Waals surface area contributed by atoms with Crippen molar-refractivity contribution in [3.63, 3.8) is 0 Å². The van der Waals surface area contributed by atoms with Gasteiger partial charge in [-0.3, -0.25) is 4.79 Å². The van der Waals surface area contributed by atoms with Gasteiger partial charge in [0.15, 0.2) is 23.3 Å². The van der Waals surface area contributed by atoms with Crippen molar-refractivity contribution in [3.8, 4) is 11.5 Å². The highest BCUT2D eigenvalue weighted by molar-refractivity contribution is 5.91. The average molecular weight is 274 g/mol. The number of aromatic nitrogens is 1. The molecule has 0 saturated carbocycles. The van der Waals surface area contributed by atoms with Crippen LogP contribution < -0.4 is 9.47 Å².